The highest BCUT2D eigenvalue weighted by Gasteiger charge is 2.42. The van der Waals surface area contributed by atoms with E-state index in [1.54, 1.807) is 30.5 Å². The van der Waals surface area contributed by atoms with Crippen LogP contribution < -0.4 is 10.2 Å². The Kier molecular flexibility index (Phi) is 5.73. The number of aromatic hydroxyl groups is 1. The molecule has 2 aromatic carbocycles. The summed E-state index contributed by atoms with van der Waals surface area (Å²) in [6.45, 7) is 0. The predicted octanol–water partition coefficient (Wildman–Crippen LogP) is 4.54. The number of carbonyl (C=O) groups is 1. The number of nitrogens with one attached hydrogen (secondary N) is 1. The van der Waals surface area contributed by atoms with Gasteiger partial charge in [-0.15, -0.1) is 0 Å². The van der Waals surface area contributed by atoms with Gasteiger partial charge < -0.3 is 24.6 Å². The van der Waals surface area contributed by atoms with Crippen LogP contribution in [0, 0.1) is 0 Å². The first-order valence-electron chi connectivity index (χ1n) is 10.7. The fraction of sp³-hybridized carbons (Fsp3) is 0.115. The number of methoxy groups -OCH3 is 1. The van der Waals surface area contributed by atoms with E-state index in [1.165, 1.54) is 7.11 Å². The normalized spacial score (nSPS) is 17.4. The summed E-state index contributed by atoms with van der Waals surface area (Å²) in [7, 11) is 1.36. The molecule has 8 heteroatoms. The molecule has 1 fully saturated rings. The lowest BCUT2D eigenvalue weighted by atomic mass is 10.0. The molecule has 0 unspecified atom stereocenters. The highest BCUT2D eigenvalue weighted by Crippen LogP contribution is 2.44. The number of esters is 1. The maximum atomic E-state index is 11.9. The number of anilines is 1. The van der Waals surface area contributed by atoms with Crippen LogP contribution in [0.2, 0.25) is 0 Å². The number of ether oxygens (including phenoxy) is 1. The lowest BCUT2D eigenvalue weighted by Crippen LogP contribution is -2.30. The first-order valence-corrected chi connectivity index (χ1v) is 11.1. The van der Waals surface area contributed by atoms with E-state index >= 15 is 0 Å². The van der Waals surface area contributed by atoms with Crippen LogP contribution >= 0.6 is 12.2 Å². The molecule has 170 valence electrons. The minimum atomic E-state index is -0.384. The van der Waals surface area contributed by atoms with Gasteiger partial charge in [-0.3, -0.25) is 4.98 Å². The number of phenolic OH excluding ortho intramolecular Hbond substituents is 1. The first kappa shape index (κ1) is 21.7. The number of rotatable bonds is 5. The van der Waals surface area contributed by atoms with E-state index in [0.29, 0.717) is 16.4 Å². The summed E-state index contributed by atoms with van der Waals surface area (Å²) in [4.78, 5) is 18.4. The van der Waals surface area contributed by atoms with Gasteiger partial charge >= 0.3 is 5.97 Å². The topological polar surface area (TPSA) is 79.6 Å². The van der Waals surface area contributed by atoms with E-state index in [9.17, 15) is 9.90 Å². The van der Waals surface area contributed by atoms with Crippen LogP contribution in [0.1, 0.15) is 33.8 Å². The van der Waals surface area contributed by atoms with Crippen LogP contribution in [0.3, 0.4) is 0 Å². The van der Waals surface area contributed by atoms with Gasteiger partial charge in [-0.2, -0.15) is 0 Å². The summed E-state index contributed by atoms with van der Waals surface area (Å²) >= 11 is 5.74. The second-order valence-electron chi connectivity index (χ2n) is 7.83. The molecule has 0 aliphatic carbocycles. The third-order valence-corrected chi connectivity index (χ3v) is 6.20. The number of carbonyl (C=O) groups excluding carboxylic acids is 1. The van der Waals surface area contributed by atoms with Gasteiger partial charge in [0.1, 0.15) is 11.8 Å². The van der Waals surface area contributed by atoms with Gasteiger partial charge in [0.25, 0.3) is 0 Å². The average molecular weight is 471 g/mol. The molecule has 0 radical (unpaired) electrons. The van der Waals surface area contributed by atoms with Gasteiger partial charge in [0.05, 0.1) is 30.1 Å². The van der Waals surface area contributed by atoms with Crippen molar-refractivity contribution in [2.24, 2.45) is 0 Å². The van der Waals surface area contributed by atoms with Crippen molar-refractivity contribution < 1.29 is 14.6 Å². The third-order valence-electron chi connectivity index (χ3n) is 5.89. The van der Waals surface area contributed by atoms with E-state index < -0.39 is 0 Å². The number of aromatic nitrogens is 2. The van der Waals surface area contributed by atoms with Crippen molar-refractivity contribution in [2.75, 3.05) is 12.0 Å². The fourth-order valence-electron chi connectivity index (χ4n) is 4.33. The smallest absolute Gasteiger partial charge is 0.337 e. The van der Waals surface area contributed by atoms with Crippen LogP contribution in [-0.4, -0.2) is 32.8 Å². The molecular weight excluding hydrogens is 448 g/mol. The van der Waals surface area contributed by atoms with Crippen LogP contribution in [0.15, 0.2) is 91.3 Å². The highest BCUT2D eigenvalue weighted by molar-refractivity contribution is 7.80. The minimum Gasteiger partial charge on any atom is -0.506 e. The number of nitrogens with zero attached hydrogens (tertiary/aromatic N) is 3. The van der Waals surface area contributed by atoms with E-state index in [0.717, 1.165) is 17.1 Å². The zero-order valence-corrected chi connectivity index (χ0v) is 19.1. The molecule has 2 atom stereocenters. The summed E-state index contributed by atoms with van der Waals surface area (Å²) < 4.78 is 6.86. The number of thiocarbonyl (C=S) groups is 1. The van der Waals surface area contributed by atoms with Crippen molar-refractivity contribution in [2.45, 2.75) is 12.1 Å². The molecule has 0 amide bonds. The van der Waals surface area contributed by atoms with Crippen LogP contribution in [0.5, 0.6) is 5.75 Å². The zero-order valence-electron chi connectivity index (χ0n) is 18.3. The first-order chi connectivity index (χ1) is 16.6. The van der Waals surface area contributed by atoms with Crippen molar-refractivity contribution in [1.29, 1.82) is 0 Å². The Hall–Kier alpha value is -4.17. The molecule has 1 saturated heterocycles. The predicted molar refractivity (Wildman–Crippen MR) is 133 cm³/mol. The minimum absolute atomic E-state index is 0.138. The van der Waals surface area contributed by atoms with Crippen molar-refractivity contribution in [1.82, 2.24) is 14.9 Å². The van der Waals surface area contributed by atoms with Crippen molar-refractivity contribution in [3.63, 3.8) is 0 Å². The second-order valence-corrected chi connectivity index (χ2v) is 8.21. The number of benzene rings is 2. The molecule has 0 bridgehead atoms. The summed E-state index contributed by atoms with van der Waals surface area (Å²) in [6, 6.07) is 23.6. The molecular formula is C26H22N4O3S. The van der Waals surface area contributed by atoms with Crippen LogP contribution in [-0.2, 0) is 4.74 Å². The number of hydrogen-bond donors (Lipinski definition) is 2. The number of hydrogen-bond acceptors (Lipinski definition) is 5. The Labute approximate surface area is 202 Å². The molecule has 1 aliphatic rings. The lowest BCUT2D eigenvalue weighted by Gasteiger charge is -2.29. The molecule has 0 saturated carbocycles. The van der Waals surface area contributed by atoms with E-state index in [4.69, 9.17) is 17.0 Å². The maximum absolute atomic E-state index is 11.9. The largest absolute Gasteiger partial charge is 0.506 e. The zero-order chi connectivity index (χ0) is 23.7. The van der Waals surface area contributed by atoms with Gasteiger partial charge in [-0.25, -0.2) is 4.79 Å². The summed E-state index contributed by atoms with van der Waals surface area (Å²) in [5.74, 6) is -0.246. The number of phenols is 1. The summed E-state index contributed by atoms with van der Waals surface area (Å²) in [6.07, 6.45) is 3.71. The third kappa shape index (κ3) is 3.78. The number of para-hydroxylation sites is 2. The maximum Gasteiger partial charge on any atom is 0.337 e. The molecule has 7 nitrogen and oxygen atoms in total. The molecule has 4 aromatic rings. The monoisotopic (exact) mass is 470 g/mol. The molecule has 1 aliphatic heterocycles. The Balaban J connectivity index is 1.63. The Bertz CT molecular complexity index is 1340. The Morgan fingerprint density at radius 2 is 1.79 bits per heavy atom. The molecule has 34 heavy (non-hydrogen) atoms. The Morgan fingerprint density at radius 3 is 2.50 bits per heavy atom. The summed E-state index contributed by atoms with van der Waals surface area (Å²) in [5.41, 5.74) is 3.74. The summed E-state index contributed by atoms with van der Waals surface area (Å²) in [5, 5.41) is 14.6. The standard InChI is InChI=1S/C26H22N4O3S/c1-33-25(32)17-11-13-18(14-12-17)29-16-6-9-21(29)24-23(19-7-4-5-15-27-19)28-26(34)30(24)20-8-2-3-10-22(20)31/h2-16,23-24,31H,1H3,(H,28,34)/t23-,24-/m0/s1. The molecule has 2 aromatic heterocycles. The van der Waals surface area contributed by atoms with Gasteiger partial charge in [0.15, 0.2) is 5.11 Å². The van der Waals surface area contributed by atoms with Gasteiger partial charge in [-0.1, -0.05) is 18.2 Å². The van der Waals surface area contributed by atoms with Crippen molar-refractivity contribution in [3.05, 3.63) is 108 Å². The lowest BCUT2D eigenvalue weighted by molar-refractivity contribution is 0.0600. The molecule has 0 spiro atoms. The molecule has 5 rings (SSSR count). The Morgan fingerprint density at radius 1 is 1.03 bits per heavy atom. The van der Waals surface area contributed by atoms with Gasteiger partial charge in [0.2, 0.25) is 0 Å². The van der Waals surface area contributed by atoms with Gasteiger partial charge in [0, 0.05) is 23.8 Å². The van der Waals surface area contributed by atoms with Crippen LogP contribution in [0.4, 0.5) is 5.69 Å². The quantitative estimate of drug-likeness (QED) is 0.327. The van der Waals surface area contributed by atoms with E-state index in [1.807, 2.05) is 70.3 Å². The van der Waals surface area contributed by atoms with E-state index in [-0.39, 0.29) is 23.8 Å². The van der Waals surface area contributed by atoms with Gasteiger partial charge in [-0.05, 0) is 72.9 Å². The average Bonchev–Trinajstić information content (AvgIpc) is 3.49. The second kappa shape index (κ2) is 8.99. The number of pyridine rings is 1. The van der Waals surface area contributed by atoms with Crippen LogP contribution in [0.25, 0.3) is 5.69 Å². The SMILES string of the molecule is COC(=O)c1ccc(-n2cccc2[C@H]2[C@H](c3ccccn3)NC(=S)N2c2ccccc2O)cc1. The van der Waals surface area contributed by atoms with E-state index in [2.05, 4.69) is 10.3 Å². The van der Waals surface area contributed by atoms with Crippen molar-refractivity contribution in [3.8, 4) is 11.4 Å². The molecule has 2 N–H and O–H groups in total. The molecule has 3 heterocycles. The fourth-order valence-corrected chi connectivity index (χ4v) is 4.67. The van der Waals surface area contributed by atoms with Crippen molar-refractivity contribution >= 4 is 29.0 Å². The highest BCUT2D eigenvalue weighted by atomic mass is 32.1.